The van der Waals surface area contributed by atoms with Crippen molar-refractivity contribution in [2.45, 2.75) is 25.7 Å². The molecule has 0 aliphatic rings. The van der Waals surface area contributed by atoms with E-state index in [1.54, 1.807) is 18.3 Å². The number of aromatic hydroxyl groups is 1. The van der Waals surface area contributed by atoms with Gasteiger partial charge in [0.2, 0.25) is 0 Å². The second kappa shape index (κ2) is 9.00. The molecule has 1 atom stereocenters. The van der Waals surface area contributed by atoms with Gasteiger partial charge in [0.1, 0.15) is 17.3 Å². The Balaban J connectivity index is 1.49. The topological polar surface area (TPSA) is 88.0 Å². The molecule has 1 amide bonds. The van der Waals surface area contributed by atoms with E-state index in [4.69, 9.17) is 0 Å². The number of rotatable bonds is 7. The molecule has 0 saturated heterocycles. The molecule has 0 unspecified atom stereocenters. The molecule has 0 saturated carbocycles. The smallest absolute Gasteiger partial charge is 0.271 e. The van der Waals surface area contributed by atoms with Crippen molar-refractivity contribution >= 4 is 27.5 Å². The number of hydrogen-bond acceptors (Lipinski definition) is 6. The lowest BCUT2D eigenvalue weighted by Crippen LogP contribution is -2.27. The highest BCUT2D eigenvalue weighted by Gasteiger charge is 2.18. The van der Waals surface area contributed by atoms with Crippen molar-refractivity contribution in [1.29, 1.82) is 0 Å². The van der Waals surface area contributed by atoms with E-state index in [0.717, 1.165) is 21.5 Å². The van der Waals surface area contributed by atoms with Gasteiger partial charge in [0, 0.05) is 30.8 Å². The van der Waals surface area contributed by atoms with Crippen LogP contribution in [0.2, 0.25) is 0 Å². The Morgan fingerprint density at radius 1 is 1.13 bits per heavy atom. The van der Waals surface area contributed by atoms with E-state index in [1.807, 2.05) is 41.8 Å². The van der Waals surface area contributed by atoms with Gasteiger partial charge in [0.25, 0.3) is 5.91 Å². The normalized spacial score (nSPS) is 12.0. The summed E-state index contributed by atoms with van der Waals surface area (Å²) in [4.78, 5) is 26.5. The molecular formula is C23H22N4O2S. The Hall–Kier alpha value is -3.32. The number of phenolic OH excluding ortho intramolecular Hbond substituents is 1. The van der Waals surface area contributed by atoms with Crippen LogP contribution in [0.4, 0.5) is 0 Å². The molecule has 1 aromatic carbocycles. The highest BCUT2D eigenvalue weighted by Crippen LogP contribution is 2.24. The van der Waals surface area contributed by atoms with Gasteiger partial charge in [-0.25, -0.2) is 9.97 Å². The largest absolute Gasteiger partial charge is 0.508 e. The molecule has 2 N–H and O–H groups in total. The van der Waals surface area contributed by atoms with Crippen molar-refractivity contribution < 1.29 is 9.90 Å². The van der Waals surface area contributed by atoms with Gasteiger partial charge in [-0.2, -0.15) is 0 Å². The number of benzene rings is 1. The zero-order chi connectivity index (χ0) is 20.9. The fourth-order valence-corrected chi connectivity index (χ4v) is 4.09. The van der Waals surface area contributed by atoms with Crippen LogP contribution in [0.1, 0.15) is 40.4 Å². The highest BCUT2D eigenvalue weighted by atomic mass is 32.1. The van der Waals surface area contributed by atoms with Crippen molar-refractivity contribution in [1.82, 2.24) is 20.3 Å². The van der Waals surface area contributed by atoms with E-state index in [-0.39, 0.29) is 17.6 Å². The van der Waals surface area contributed by atoms with E-state index in [0.29, 0.717) is 30.9 Å². The Bertz CT molecular complexity index is 1140. The summed E-state index contributed by atoms with van der Waals surface area (Å²) in [6, 6.07) is 14.8. The van der Waals surface area contributed by atoms with E-state index in [2.05, 4.69) is 27.2 Å². The maximum Gasteiger partial charge on any atom is 0.271 e. The second-order valence-electron chi connectivity index (χ2n) is 7.16. The van der Waals surface area contributed by atoms with Crippen LogP contribution < -0.4 is 5.32 Å². The zero-order valence-corrected chi connectivity index (χ0v) is 17.4. The van der Waals surface area contributed by atoms with Crippen molar-refractivity contribution in [2.24, 2.45) is 0 Å². The molecule has 0 radical (unpaired) electrons. The number of pyridine rings is 1. The average molecular weight is 419 g/mol. The van der Waals surface area contributed by atoms with Gasteiger partial charge in [0.05, 0.1) is 10.2 Å². The Kier molecular flexibility index (Phi) is 5.99. The van der Waals surface area contributed by atoms with Crippen molar-refractivity contribution in [2.75, 3.05) is 6.54 Å². The first-order chi connectivity index (χ1) is 14.6. The summed E-state index contributed by atoms with van der Waals surface area (Å²) in [5.74, 6) is 0.821. The minimum Gasteiger partial charge on any atom is -0.508 e. The molecule has 30 heavy (non-hydrogen) atoms. The van der Waals surface area contributed by atoms with Crippen LogP contribution in [0.5, 0.6) is 5.75 Å². The third kappa shape index (κ3) is 4.63. The second-order valence-corrected chi connectivity index (χ2v) is 8.07. The Labute approximate surface area is 178 Å². The number of nitrogens with one attached hydrogen (secondary N) is 1. The van der Waals surface area contributed by atoms with E-state index < -0.39 is 0 Å². The standard InChI is InChI=1S/C23H22N4O2S/c1-15(18-4-2-3-11-24-18)14-20-26-19-10-13-30-22(19)21(27-20)23(29)25-12-9-16-5-7-17(28)8-6-16/h2-8,10-11,13,15,28H,9,12,14H2,1H3,(H,25,29)/t15-/m1/s1. The number of carbonyl (C=O) groups is 1. The summed E-state index contributed by atoms with van der Waals surface area (Å²) in [7, 11) is 0. The SMILES string of the molecule is C[C@H](Cc1nc(C(=O)NCCc2ccc(O)cc2)c2sccc2n1)c1ccccn1. The number of fused-ring (bicyclic) bond motifs is 1. The fraction of sp³-hybridized carbons (Fsp3) is 0.217. The molecule has 6 nitrogen and oxygen atoms in total. The molecule has 3 aromatic heterocycles. The van der Waals surface area contributed by atoms with Gasteiger partial charge in [-0.1, -0.05) is 25.1 Å². The van der Waals surface area contributed by atoms with E-state index in [9.17, 15) is 9.90 Å². The minimum atomic E-state index is -0.199. The van der Waals surface area contributed by atoms with Gasteiger partial charge in [0.15, 0.2) is 0 Å². The summed E-state index contributed by atoms with van der Waals surface area (Å²) in [5.41, 5.74) is 3.24. The van der Waals surface area contributed by atoms with Crippen LogP contribution >= 0.6 is 11.3 Å². The molecule has 152 valence electrons. The lowest BCUT2D eigenvalue weighted by Gasteiger charge is -2.11. The van der Waals surface area contributed by atoms with E-state index in [1.165, 1.54) is 11.3 Å². The highest BCUT2D eigenvalue weighted by molar-refractivity contribution is 7.17. The van der Waals surface area contributed by atoms with Crippen LogP contribution in [-0.2, 0) is 12.8 Å². The third-order valence-electron chi connectivity index (χ3n) is 4.88. The number of thiophene rings is 1. The molecule has 4 rings (SSSR count). The predicted octanol–water partition coefficient (Wildman–Crippen LogP) is 4.11. The number of phenols is 1. The maximum atomic E-state index is 12.9. The van der Waals surface area contributed by atoms with Gasteiger partial charge >= 0.3 is 0 Å². The van der Waals surface area contributed by atoms with Crippen LogP contribution in [0.25, 0.3) is 10.2 Å². The molecule has 0 bridgehead atoms. The zero-order valence-electron chi connectivity index (χ0n) is 16.6. The maximum absolute atomic E-state index is 12.9. The summed E-state index contributed by atoms with van der Waals surface area (Å²) in [6.45, 7) is 2.57. The molecular weight excluding hydrogens is 396 g/mol. The van der Waals surface area contributed by atoms with Gasteiger partial charge in [-0.15, -0.1) is 11.3 Å². The first-order valence-electron chi connectivity index (χ1n) is 9.81. The fourth-order valence-electron chi connectivity index (χ4n) is 3.27. The number of nitrogens with zero attached hydrogens (tertiary/aromatic N) is 3. The average Bonchev–Trinajstić information content (AvgIpc) is 3.23. The van der Waals surface area contributed by atoms with Crippen LogP contribution in [0, 0.1) is 0 Å². The minimum absolute atomic E-state index is 0.146. The van der Waals surface area contributed by atoms with Crippen LogP contribution in [0.15, 0.2) is 60.1 Å². The Morgan fingerprint density at radius 3 is 2.73 bits per heavy atom. The Morgan fingerprint density at radius 2 is 1.97 bits per heavy atom. The van der Waals surface area contributed by atoms with Crippen molar-refractivity contribution in [3.05, 3.63) is 82.9 Å². The lowest BCUT2D eigenvalue weighted by atomic mass is 10.0. The first kappa shape index (κ1) is 20.0. The predicted molar refractivity (Wildman–Crippen MR) is 118 cm³/mol. The van der Waals surface area contributed by atoms with Crippen molar-refractivity contribution in [3.63, 3.8) is 0 Å². The van der Waals surface area contributed by atoms with Crippen LogP contribution in [-0.4, -0.2) is 32.5 Å². The van der Waals surface area contributed by atoms with Crippen LogP contribution in [0.3, 0.4) is 0 Å². The molecule has 7 heteroatoms. The molecule has 3 heterocycles. The third-order valence-corrected chi connectivity index (χ3v) is 5.79. The lowest BCUT2D eigenvalue weighted by molar-refractivity contribution is 0.0950. The molecule has 0 aliphatic carbocycles. The van der Waals surface area contributed by atoms with Gasteiger partial charge in [-0.05, 0) is 47.7 Å². The number of carbonyl (C=O) groups excluding carboxylic acids is 1. The summed E-state index contributed by atoms with van der Waals surface area (Å²) >= 11 is 1.47. The number of amides is 1. The van der Waals surface area contributed by atoms with Gasteiger partial charge in [-0.3, -0.25) is 9.78 Å². The number of hydrogen-bond donors (Lipinski definition) is 2. The van der Waals surface area contributed by atoms with Crippen molar-refractivity contribution in [3.8, 4) is 5.75 Å². The summed E-state index contributed by atoms with van der Waals surface area (Å²) in [5, 5.41) is 14.3. The van der Waals surface area contributed by atoms with Gasteiger partial charge < -0.3 is 10.4 Å². The van der Waals surface area contributed by atoms with E-state index >= 15 is 0 Å². The monoisotopic (exact) mass is 418 g/mol. The summed E-state index contributed by atoms with van der Waals surface area (Å²) < 4.78 is 0.798. The molecule has 0 aliphatic heterocycles. The summed E-state index contributed by atoms with van der Waals surface area (Å²) in [6.07, 6.45) is 3.06. The number of aromatic nitrogens is 3. The quantitative estimate of drug-likeness (QED) is 0.472. The molecule has 4 aromatic rings. The molecule has 0 fully saturated rings. The first-order valence-corrected chi connectivity index (χ1v) is 10.7. The molecule has 0 spiro atoms.